The third-order valence-corrected chi connectivity index (χ3v) is 1.81. The Labute approximate surface area is 68.4 Å². The van der Waals surface area contributed by atoms with E-state index in [1.807, 2.05) is 11.5 Å². The van der Waals surface area contributed by atoms with Gasteiger partial charge in [0.1, 0.15) is 4.60 Å². The van der Waals surface area contributed by atoms with Gasteiger partial charge < -0.3 is 10.3 Å². The molecule has 1 atom stereocenters. The van der Waals surface area contributed by atoms with Gasteiger partial charge in [-0.3, -0.25) is 0 Å². The second-order valence-corrected chi connectivity index (χ2v) is 3.16. The molecule has 0 spiro atoms. The number of aromatic nitrogens is 2. The van der Waals surface area contributed by atoms with E-state index < -0.39 is 0 Å². The van der Waals surface area contributed by atoms with Crippen LogP contribution in [0.4, 0.5) is 0 Å². The number of nitrogens with two attached hydrogens (primary N) is 1. The second kappa shape index (κ2) is 3.16. The molecule has 1 rings (SSSR count). The highest BCUT2D eigenvalue weighted by molar-refractivity contribution is 9.10. The van der Waals surface area contributed by atoms with E-state index in [4.69, 9.17) is 5.73 Å². The molecule has 2 N–H and O–H groups in total. The quantitative estimate of drug-likeness (QED) is 0.780. The van der Waals surface area contributed by atoms with Crippen LogP contribution in [0.2, 0.25) is 0 Å². The molecule has 1 aromatic heterocycles. The lowest BCUT2D eigenvalue weighted by atomic mass is 10.4. The zero-order chi connectivity index (χ0) is 7.56. The van der Waals surface area contributed by atoms with Gasteiger partial charge in [0.05, 0.1) is 12.5 Å². The summed E-state index contributed by atoms with van der Waals surface area (Å²) in [7, 11) is 0. The van der Waals surface area contributed by atoms with E-state index in [-0.39, 0.29) is 6.04 Å². The summed E-state index contributed by atoms with van der Waals surface area (Å²) in [5, 5.41) is 0. The monoisotopic (exact) mass is 203 g/mol. The van der Waals surface area contributed by atoms with Crippen LogP contribution in [0.3, 0.4) is 0 Å². The molecular weight excluding hydrogens is 194 g/mol. The molecular formula is C6H10BrN3. The van der Waals surface area contributed by atoms with E-state index in [0.29, 0.717) is 0 Å². The van der Waals surface area contributed by atoms with Crippen molar-refractivity contribution in [3.8, 4) is 0 Å². The van der Waals surface area contributed by atoms with Crippen molar-refractivity contribution in [1.82, 2.24) is 9.55 Å². The summed E-state index contributed by atoms with van der Waals surface area (Å²) >= 11 is 3.34. The molecule has 0 aliphatic heterocycles. The topological polar surface area (TPSA) is 43.8 Å². The summed E-state index contributed by atoms with van der Waals surface area (Å²) in [5.74, 6) is 0. The van der Waals surface area contributed by atoms with Gasteiger partial charge in [0, 0.05) is 12.6 Å². The molecule has 4 heteroatoms. The Morgan fingerprint density at radius 1 is 1.90 bits per heavy atom. The lowest BCUT2D eigenvalue weighted by Crippen LogP contribution is -2.21. The third kappa shape index (κ3) is 1.82. The fourth-order valence-electron chi connectivity index (χ4n) is 0.749. The number of nitrogens with zero attached hydrogens (tertiary/aromatic N) is 2. The Kier molecular flexibility index (Phi) is 2.45. The van der Waals surface area contributed by atoms with Crippen molar-refractivity contribution in [1.29, 1.82) is 0 Å². The van der Waals surface area contributed by atoms with Gasteiger partial charge in [-0.1, -0.05) is 0 Å². The van der Waals surface area contributed by atoms with Gasteiger partial charge in [-0.2, -0.15) is 0 Å². The van der Waals surface area contributed by atoms with Crippen molar-refractivity contribution < 1.29 is 0 Å². The molecule has 1 unspecified atom stereocenters. The second-order valence-electron chi connectivity index (χ2n) is 2.35. The van der Waals surface area contributed by atoms with Crippen LogP contribution in [0.1, 0.15) is 6.92 Å². The van der Waals surface area contributed by atoms with Crippen LogP contribution in [0, 0.1) is 0 Å². The van der Waals surface area contributed by atoms with Gasteiger partial charge >= 0.3 is 0 Å². The van der Waals surface area contributed by atoms with Crippen LogP contribution >= 0.6 is 15.9 Å². The lowest BCUT2D eigenvalue weighted by Gasteiger charge is -2.05. The van der Waals surface area contributed by atoms with Crippen molar-refractivity contribution >= 4 is 15.9 Å². The molecule has 0 fully saturated rings. The van der Waals surface area contributed by atoms with E-state index in [1.54, 1.807) is 12.5 Å². The first kappa shape index (κ1) is 7.75. The average Bonchev–Trinajstić information content (AvgIpc) is 2.15. The maximum atomic E-state index is 5.58. The summed E-state index contributed by atoms with van der Waals surface area (Å²) in [5.41, 5.74) is 5.58. The lowest BCUT2D eigenvalue weighted by molar-refractivity contribution is 0.582. The minimum Gasteiger partial charge on any atom is -0.326 e. The summed E-state index contributed by atoms with van der Waals surface area (Å²) in [6, 6.07) is 0.172. The smallest absolute Gasteiger partial charge is 0.104 e. The molecule has 0 saturated carbocycles. The predicted molar refractivity (Wildman–Crippen MR) is 43.6 cm³/mol. The van der Waals surface area contributed by atoms with E-state index >= 15 is 0 Å². The Morgan fingerprint density at radius 3 is 3.00 bits per heavy atom. The molecule has 0 radical (unpaired) electrons. The molecule has 0 aliphatic rings. The Hall–Kier alpha value is -0.350. The Balaban J connectivity index is 2.65. The molecule has 3 nitrogen and oxygen atoms in total. The molecule has 0 saturated heterocycles. The molecule has 0 bridgehead atoms. The first-order chi connectivity index (χ1) is 4.70. The van der Waals surface area contributed by atoms with E-state index in [2.05, 4.69) is 20.9 Å². The number of rotatable bonds is 2. The van der Waals surface area contributed by atoms with Crippen LogP contribution in [0.25, 0.3) is 0 Å². The normalized spacial score (nSPS) is 13.5. The molecule has 56 valence electrons. The highest BCUT2D eigenvalue weighted by atomic mass is 79.9. The van der Waals surface area contributed by atoms with Gasteiger partial charge in [-0.25, -0.2) is 4.98 Å². The minimum absolute atomic E-state index is 0.172. The minimum atomic E-state index is 0.172. The fraction of sp³-hybridized carbons (Fsp3) is 0.500. The SMILES string of the molecule is CC(N)Cn1cncc1Br. The van der Waals surface area contributed by atoms with E-state index in [0.717, 1.165) is 11.1 Å². The molecule has 1 aromatic rings. The van der Waals surface area contributed by atoms with Crippen LogP contribution in [-0.2, 0) is 6.54 Å². The largest absolute Gasteiger partial charge is 0.326 e. The summed E-state index contributed by atoms with van der Waals surface area (Å²) in [4.78, 5) is 3.94. The van der Waals surface area contributed by atoms with Gasteiger partial charge in [-0.05, 0) is 22.9 Å². The van der Waals surface area contributed by atoms with Crippen molar-refractivity contribution in [2.24, 2.45) is 5.73 Å². The summed E-state index contributed by atoms with van der Waals surface area (Å²) in [6.45, 7) is 2.77. The van der Waals surface area contributed by atoms with E-state index in [1.165, 1.54) is 0 Å². The first-order valence-electron chi connectivity index (χ1n) is 3.11. The zero-order valence-corrected chi connectivity index (χ0v) is 7.37. The van der Waals surface area contributed by atoms with Gasteiger partial charge in [0.2, 0.25) is 0 Å². The fourth-order valence-corrected chi connectivity index (χ4v) is 1.10. The highest BCUT2D eigenvalue weighted by Crippen LogP contribution is 2.07. The van der Waals surface area contributed by atoms with Gasteiger partial charge in [0.25, 0.3) is 0 Å². The number of halogens is 1. The maximum Gasteiger partial charge on any atom is 0.104 e. The highest BCUT2D eigenvalue weighted by Gasteiger charge is 1.99. The molecule has 0 amide bonds. The number of imidazole rings is 1. The van der Waals surface area contributed by atoms with Crippen LogP contribution in [0.15, 0.2) is 17.1 Å². The summed E-state index contributed by atoms with van der Waals surface area (Å²) < 4.78 is 2.94. The molecule has 0 aromatic carbocycles. The molecule has 10 heavy (non-hydrogen) atoms. The maximum absolute atomic E-state index is 5.58. The van der Waals surface area contributed by atoms with Crippen molar-refractivity contribution in [3.05, 3.63) is 17.1 Å². The Bertz CT molecular complexity index is 207. The van der Waals surface area contributed by atoms with Crippen LogP contribution in [-0.4, -0.2) is 15.6 Å². The predicted octanol–water partition coefficient (Wildman–Crippen LogP) is 0.993. The van der Waals surface area contributed by atoms with Crippen molar-refractivity contribution in [2.45, 2.75) is 19.5 Å². The van der Waals surface area contributed by atoms with Gasteiger partial charge in [-0.15, -0.1) is 0 Å². The third-order valence-electron chi connectivity index (χ3n) is 1.15. The standard InChI is InChI=1S/C6H10BrN3/c1-5(8)3-10-4-9-2-6(10)7/h2,4-5H,3,8H2,1H3. The Morgan fingerprint density at radius 2 is 2.60 bits per heavy atom. The number of hydrogen-bond donors (Lipinski definition) is 1. The zero-order valence-electron chi connectivity index (χ0n) is 5.79. The molecule has 0 aliphatic carbocycles. The van der Waals surface area contributed by atoms with Crippen LogP contribution in [0.5, 0.6) is 0 Å². The summed E-state index contributed by atoms with van der Waals surface area (Å²) in [6.07, 6.45) is 3.51. The van der Waals surface area contributed by atoms with Crippen molar-refractivity contribution in [3.63, 3.8) is 0 Å². The average molecular weight is 204 g/mol. The molecule has 1 heterocycles. The first-order valence-corrected chi connectivity index (χ1v) is 3.90. The van der Waals surface area contributed by atoms with Crippen molar-refractivity contribution in [2.75, 3.05) is 0 Å². The van der Waals surface area contributed by atoms with E-state index in [9.17, 15) is 0 Å². The number of hydrogen-bond acceptors (Lipinski definition) is 2. The van der Waals surface area contributed by atoms with Gasteiger partial charge in [0.15, 0.2) is 0 Å². The van der Waals surface area contributed by atoms with Crippen LogP contribution < -0.4 is 5.73 Å².